The highest BCUT2D eigenvalue weighted by molar-refractivity contribution is 5.87. The van der Waals surface area contributed by atoms with Gasteiger partial charge in [-0.2, -0.15) is 0 Å². The van der Waals surface area contributed by atoms with Crippen LogP contribution in [0, 0.1) is 0 Å². The lowest BCUT2D eigenvalue weighted by Gasteiger charge is -2.24. The zero-order chi connectivity index (χ0) is 20.0. The van der Waals surface area contributed by atoms with Crippen molar-refractivity contribution in [2.45, 2.75) is 32.8 Å². The van der Waals surface area contributed by atoms with E-state index in [1.54, 1.807) is 7.11 Å². The third-order valence-corrected chi connectivity index (χ3v) is 4.51. The molecule has 0 spiro atoms. The third-order valence-electron chi connectivity index (χ3n) is 4.51. The monoisotopic (exact) mass is 373 g/mol. The van der Waals surface area contributed by atoms with Crippen LogP contribution in [-0.4, -0.2) is 13.3 Å². The summed E-state index contributed by atoms with van der Waals surface area (Å²) >= 11 is 0. The average molecular weight is 373 g/mol. The van der Waals surface area contributed by atoms with Gasteiger partial charge in [0.2, 0.25) is 0 Å². The molecule has 0 heterocycles. The number of benzene rings is 3. The van der Waals surface area contributed by atoms with Crippen molar-refractivity contribution < 1.29 is 9.47 Å². The lowest BCUT2D eigenvalue weighted by atomic mass is 9.85. The molecule has 0 saturated heterocycles. The second-order valence-electron chi connectivity index (χ2n) is 7.68. The molecule has 0 unspecified atom stereocenters. The molecule has 3 nitrogen and oxygen atoms in total. The van der Waals surface area contributed by atoms with Gasteiger partial charge in [-0.1, -0.05) is 75.4 Å². The van der Waals surface area contributed by atoms with Gasteiger partial charge in [-0.3, -0.25) is 4.99 Å². The van der Waals surface area contributed by atoms with E-state index < -0.39 is 0 Å². The van der Waals surface area contributed by atoms with Crippen LogP contribution in [0.15, 0.2) is 77.8 Å². The largest absolute Gasteiger partial charge is 0.494 e. The highest BCUT2D eigenvalue weighted by atomic mass is 16.5. The minimum absolute atomic E-state index is 0.0414. The Morgan fingerprint density at radius 1 is 0.857 bits per heavy atom. The smallest absolute Gasteiger partial charge is 0.144 e. The lowest BCUT2D eigenvalue weighted by Crippen LogP contribution is -2.14. The molecule has 0 fully saturated rings. The van der Waals surface area contributed by atoms with Gasteiger partial charge in [0, 0.05) is 17.3 Å². The molecule has 0 N–H and O–H groups in total. The number of hydrogen-bond acceptors (Lipinski definition) is 3. The summed E-state index contributed by atoms with van der Waals surface area (Å²) in [5.74, 6) is 1.62. The molecule has 3 rings (SSSR count). The van der Waals surface area contributed by atoms with E-state index in [2.05, 4.69) is 50.0 Å². The minimum Gasteiger partial charge on any atom is -0.494 e. The summed E-state index contributed by atoms with van der Waals surface area (Å²) in [6, 6.07) is 24.2. The van der Waals surface area contributed by atoms with Gasteiger partial charge >= 0.3 is 0 Å². The second-order valence-corrected chi connectivity index (χ2v) is 7.68. The molecule has 28 heavy (non-hydrogen) atoms. The van der Waals surface area contributed by atoms with Crippen molar-refractivity contribution in [2.24, 2.45) is 4.99 Å². The van der Waals surface area contributed by atoms with Gasteiger partial charge < -0.3 is 9.47 Å². The summed E-state index contributed by atoms with van der Waals surface area (Å²) in [4.78, 5) is 4.66. The number of hydrogen-bond donors (Lipinski definition) is 0. The molecule has 3 heteroatoms. The number of methoxy groups -OCH3 is 1. The van der Waals surface area contributed by atoms with Crippen LogP contribution in [0.1, 0.15) is 37.5 Å². The molecule has 0 bridgehead atoms. The van der Waals surface area contributed by atoms with Crippen LogP contribution in [0.2, 0.25) is 0 Å². The molecule has 3 aromatic rings. The van der Waals surface area contributed by atoms with Crippen molar-refractivity contribution in [3.63, 3.8) is 0 Å². The van der Waals surface area contributed by atoms with Gasteiger partial charge in [-0.25, -0.2) is 0 Å². The van der Waals surface area contributed by atoms with E-state index in [4.69, 9.17) is 9.47 Å². The fraction of sp³-hybridized carbons (Fsp3) is 0.240. The van der Waals surface area contributed by atoms with Gasteiger partial charge in [0.15, 0.2) is 0 Å². The van der Waals surface area contributed by atoms with E-state index in [0.29, 0.717) is 6.61 Å². The Morgan fingerprint density at radius 3 is 2.29 bits per heavy atom. The Morgan fingerprint density at radius 2 is 1.57 bits per heavy atom. The van der Waals surface area contributed by atoms with Gasteiger partial charge in [-0.05, 0) is 29.2 Å². The normalized spacial score (nSPS) is 11.6. The van der Waals surface area contributed by atoms with E-state index in [0.717, 1.165) is 33.9 Å². The molecule has 3 aromatic carbocycles. The fourth-order valence-corrected chi connectivity index (χ4v) is 3.01. The molecule has 144 valence electrons. The maximum Gasteiger partial charge on any atom is 0.144 e. The van der Waals surface area contributed by atoms with E-state index in [9.17, 15) is 0 Å². The van der Waals surface area contributed by atoms with Crippen molar-refractivity contribution in [3.05, 3.63) is 89.5 Å². The quantitative estimate of drug-likeness (QED) is 0.473. The first-order chi connectivity index (χ1) is 13.5. The van der Waals surface area contributed by atoms with Crippen molar-refractivity contribution in [1.82, 2.24) is 0 Å². The Hall–Kier alpha value is -3.07. The highest BCUT2D eigenvalue weighted by Crippen LogP contribution is 2.35. The molecule has 0 amide bonds. The molecule has 0 aromatic heterocycles. The van der Waals surface area contributed by atoms with Crippen LogP contribution in [0.3, 0.4) is 0 Å². The molecule has 0 radical (unpaired) electrons. The molecule has 0 aliphatic carbocycles. The maximum atomic E-state index is 6.30. The minimum atomic E-state index is -0.0414. The summed E-state index contributed by atoms with van der Waals surface area (Å²) < 4.78 is 11.7. The van der Waals surface area contributed by atoms with Crippen LogP contribution < -0.4 is 9.47 Å². The highest BCUT2D eigenvalue weighted by Gasteiger charge is 2.21. The number of para-hydroxylation sites is 3. The van der Waals surface area contributed by atoms with Gasteiger partial charge in [0.1, 0.15) is 23.8 Å². The SMILES string of the molecule is COc1ccccc1/N=C/c1cccc(C(C)(C)C)c1OCc1ccccc1. The van der Waals surface area contributed by atoms with Crippen LogP contribution in [0.5, 0.6) is 11.5 Å². The zero-order valence-electron chi connectivity index (χ0n) is 17.0. The Labute approximate surface area is 167 Å². The van der Waals surface area contributed by atoms with Gasteiger partial charge in [0.05, 0.1) is 7.11 Å². The first-order valence-corrected chi connectivity index (χ1v) is 9.46. The summed E-state index contributed by atoms with van der Waals surface area (Å²) in [7, 11) is 1.66. The fourth-order valence-electron chi connectivity index (χ4n) is 3.01. The summed E-state index contributed by atoms with van der Waals surface area (Å²) in [5.41, 5.74) is 4.00. The van der Waals surface area contributed by atoms with Crippen LogP contribution >= 0.6 is 0 Å². The standard InChI is InChI=1S/C25H27NO2/c1-25(2,3)21-14-10-13-20(17-26-22-15-8-9-16-23(22)27-4)24(21)28-18-19-11-6-5-7-12-19/h5-17H,18H2,1-4H3/b26-17+. The first kappa shape index (κ1) is 19.7. The van der Waals surface area contributed by atoms with E-state index in [1.165, 1.54) is 0 Å². The number of ether oxygens (including phenoxy) is 2. The molecule has 0 saturated carbocycles. The number of aliphatic imine (C=N–C) groups is 1. The van der Waals surface area contributed by atoms with Crippen LogP contribution in [0.25, 0.3) is 0 Å². The number of nitrogens with zero attached hydrogens (tertiary/aromatic N) is 1. The lowest BCUT2D eigenvalue weighted by molar-refractivity contribution is 0.297. The van der Waals surface area contributed by atoms with Crippen molar-refractivity contribution in [3.8, 4) is 11.5 Å². The topological polar surface area (TPSA) is 30.8 Å². The zero-order valence-corrected chi connectivity index (χ0v) is 17.0. The molecule has 0 atom stereocenters. The number of rotatable bonds is 6. The third kappa shape index (κ3) is 4.80. The van der Waals surface area contributed by atoms with E-state index in [-0.39, 0.29) is 5.41 Å². The van der Waals surface area contributed by atoms with E-state index in [1.807, 2.05) is 54.7 Å². The predicted octanol–water partition coefficient (Wildman–Crippen LogP) is 6.32. The Bertz CT molecular complexity index is 940. The first-order valence-electron chi connectivity index (χ1n) is 9.46. The summed E-state index contributed by atoms with van der Waals surface area (Å²) in [6.07, 6.45) is 1.85. The molecular weight excluding hydrogens is 346 g/mol. The van der Waals surface area contributed by atoms with Gasteiger partial charge in [0.25, 0.3) is 0 Å². The Kier molecular flexibility index (Phi) is 6.15. The van der Waals surface area contributed by atoms with Gasteiger partial charge in [-0.15, -0.1) is 0 Å². The summed E-state index contributed by atoms with van der Waals surface area (Å²) in [6.45, 7) is 7.10. The molecule has 0 aliphatic rings. The molecule has 0 aliphatic heterocycles. The molecular formula is C25H27NO2. The van der Waals surface area contributed by atoms with Crippen molar-refractivity contribution in [2.75, 3.05) is 7.11 Å². The summed E-state index contributed by atoms with van der Waals surface area (Å²) in [5, 5.41) is 0. The van der Waals surface area contributed by atoms with Crippen LogP contribution in [0.4, 0.5) is 5.69 Å². The Balaban J connectivity index is 1.97. The maximum absolute atomic E-state index is 6.30. The van der Waals surface area contributed by atoms with Crippen molar-refractivity contribution >= 4 is 11.9 Å². The van der Waals surface area contributed by atoms with Crippen LogP contribution in [-0.2, 0) is 12.0 Å². The van der Waals surface area contributed by atoms with E-state index >= 15 is 0 Å². The predicted molar refractivity (Wildman–Crippen MR) is 116 cm³/mol. The van der Waals surface area contributed by atoms with Crippen molar-refractivity contribution in [1.29, 1.82) is 0 Å². The average Bonchev–Trinajstić information content (AvgIpc) is 2.71. The second kappa shape index (κ2) is 8.75.